The van der Waals surface area contributed by atoms with E-state index in [9.17, 15) is 4.39 Å². The van der Waals surface area contributed by atoms with Crippen LogP contribution in [0.15, 0.2) is 42.5 Å². The van der Waals surface area contributed by atoms with Gasteiger partial charge in [-0.25, -0.2) is 4.39 Å². The first-order chi connectivity index (χ1) is 11.7. The second kappa shape index (κ2) is 7.83. The highest BCUT2D eigenvalue weighted by Crippen LogP contribution is 2.34. The topological polar surface area (TPSA) is 39.7 Å². The molecule has 24 heavy (non-hydrogen) atoms. The first-order valence-corrected chi connectivity index (χ1v) is 8.13. The lowest BCUT2D eigenvalue weighted by molar-refractivity contribution is -0.0438. The molecule has 128 valence electrons. The second-order valence-corrected chi connectivity index (χ2v) is 5.94. The average molecular weight is 352 g/mol. The Morgan fingerprint density at radius 2 is 2.12 bits per heavy atom. The molecule has 2 aromatic carbocycles. The molecule has 0 radical (unpaired) electrons. The molecule has 2 atom stereocenters. The van der Waals surface area contributed by atoms with Crippen LogP contribution in [0.25, 0.3) is 0 Å². The van der Waals surface area contributed by atoms with E-state index in [1.54, 1.807) is 12.1 Å². The molecular formula is C18H19ClFNO3. The maximum absolute atomic E-state index is 13.4. The van der Waals surface area contributed by atoms with Crippen LogP contribution < -0.4 is 14.8 Å². The van der Waals surface area contributed by atoms with Gasteiger partial charge in [-0.15, -0.1) is 0 Å². The molecule has 1 aliphatic heterocycles. The Labute approximate surface area is 145 Å². The van der Waals surface area contributed by atoms with E-state index >= 15 is 0 Å². The number of rotatable bonds is 5. The molecule has 1 aliphatic rings. The van der Waals surface area contributed by atoms with E-state index < -0.39 is 6.10 Å². The number of ether oxygens (including phenoxy) is 3. The Morgan fingerprint density at radius 1 is 1.25 bits per heavy atom. The highest BCUT2D eigenvalue weighted by molar-refractivity contribution is 6.30. The van der Waals surface area contributed by atoms with Crippen LogP contribution in [0, 0.1) is 5.82 Å². The van der Waals surface area contributed by atoms with Crippen molar-refractivity contribution in [3.8, 4) is 11.5 Å². The summed E-state index contributed by atoms with van der Waals surface area (Å²) in [6, 6.07) is 11.6. The molecule has 0 spiro atoms. The number of methoxy groups -OCH3 is 1. The van der Waals surface area contributed by atoms with Crippen LogP contribution in [0.5, 0.6) is 11.5 Å². The molecule has 0 aliphatic carbocycles. The minimum atomic E-state index is -0.393. The number of morpholine rings is 1. The molecule has 0 amide bonds. The quantitative estimate of drug-likeness (QED) is 0.893. The third kappa shape index (κ3) is 3.98. The molecule has 6 heteroatoms. The van der Waals surface area contributed by atoms with Crippen molar-refractivity contribution in [1.82, 2.24) is 5.32 Å². The minimum absolute atomic E-state index is 0.188. The largest absolute Gasteiger partial charge is 0.493 e. The summed E-state index contributed by atoms with van der Waals surface area (Å²) in [6.45, 7) is 2.06. The molecular weight excluding hydrogens is 333 g/mol. The van der Waals surface area contributed by atoms with Crippen molar-refractivity contribution in [2.24, 2.45) is 0 Å². The van der Waals surface area contributed by atoms with E-state index in [0.29, 0.717) is 29.7 Å². The molecule has 1 N–H and O–H groups in total. The highest BCUT2D eigenvalue weighted by Gasteiger charge is 2.29. The van der Waals surface area contributed by atoms with Gasteiger partial charge in [0.05, 0.1) is 13.7 Å². The molecule has 0 bridgehead atoms. The van der Waals surface area contributed by atoms with Crippen LogP contribution in [-0.2, 0) is 4.74 Å². The van der Waals surface area contributed by atoms with E-state index in [4.69, 9.17) is 25.8 Å². The van der Waals surface area contributed by atoms with Crippen LogP contribution in [0.2, 0.25) is 5.02 Å². The lowest BCUT2D eigenvalue weighted by Gasteiger charge is -2.32. The molecule has 3 rings (SSSR count). The van der Waals surface area contributed by atoms with Crippen LogP contribution in [0.1, 0.15) is 11.7 Å². The number of nitrogens with one attached hydrogen (secondary N) is 1. The van der Waals surface area contributed by atoms with Gasteiger partial charge in [0.25, 0.3) is 0 Å². The van der Waals surface area contributed by atoms with E-state index in [1.807, 2.05) is 18.2 Å². The molecule has 0 saturated carbocycles. The maximum Gasteiger partial charge on any atom is 0.163 e. The van der Waals surface area contributed by atoms with Crippen LogP contribution in [0.3, 0.4) is 0 Å². The third-order valence-electron chi connectivity index (χ3n) is 3.85. The molecule has 2 aromatic rings. The van der Waals surface area contributed by atoms with Crippen LogP contribution in [0.4, 0.5) is 4.39 Å². The predicted octanol–water partition coefficient (Wildman–Crippen LogP) is 3.60. The van der Waals surface area contributed by atoms with Crippen molar-refractivity contribution >= 4 is 11.6 Å². The highest BCUT2D eigenvalue weighted by atomic mass is 35.5. The van der Waals surface area contributed by atoms with E-state index in [0.717, 1.165) is 12.1 Å². The van der Waals surface area contributed by atoms with Gasteiger partial charge in [-0.05, 0) is 29.8 Å². The van der Waals surface area contributed by atoms with Crippen molar-refractivity contribution in [3.05, 3.63) is 58.9 Å². The van der Waals surface area contributed by atoms with Crippen LogP contribution >= 0.6 is 11.6 Å². The van der Waals surface area contributed by atoms with Gasteiger partial charge in [0.2, 0.25) is 0 Å². The monoisotopic (exact) mass is 351 g/mol. The first-order valence-electron chi connectivity index (χ1n) is 7.75. The molecule has 1 saturated heterocycles. The van der Waals surface area contributed by atoms with Gasteiger partial charge in [-0.3, -0.25) is 0 Å². The fourth-order valence-corrected chi connectivity index (χ4v) is 2.90. The van der Waals surface area contributed by atoms with Crippen molar-refractivity contribution in [3.63, 3.8) is 0 Å². The van der Waals surface area contributed by atoms with Gasteiger partial charge in [-0.2, -0.15) is 0 Å². The standard InChI is InChI=1S/C18H19ClFNO3/c1-22-16-10-14(20)5-6-15(16)24-18(17-11-21-7-8-23-17)12-3-2-4-13(19)9-12/h2-6,9-10,17-18,21H,7-8,11H2,1H3/t17?,18-/m0/s1. The Balaban J connectivity index is 1.92. The Kier molecular flexibility index (Phi) is 5.56. The van der Waals surface area contributed by atoms with Gasteiger partial charge < -0.3 is 19.5 Å². The van der Waals surface area contributed by atoms with Crippen molar-refractivity contribution < 1.29 is 18.6 Å². The van der Waals surface area contributed by atoms with Gasteiger partial charge in [0.15, 0.2) is 17.6 Å². The van der Waals surface area contributed by atoms with Crippen molar-refractivity contribution in [2.45, 2.75) is 12.2 Å². The molecule has 1 unspecified atom stereocenters. The average Bonchev–Trinajstić information content (AvgIpc) is 2.61. The Morgan fingerprint density at radius 3 is 2.83 bits per heavy atom. The van der Waals surface area contributed by atoms with Gasteiger partial charge in [-0.1, -0.05) is 23.7 Å². The molecule has 4 nitrogen and oxygen atoms in total. The van der Waals surface area contributed by atoms with E-state index in [1.165, 1.54) is 19.2 Å². The summed E-state index contributed by atoms with van der Waals surface area (Å²) in [5.41, 5.74) is 0.891. The fourth-order valence-electron chi connectivity index (χ4n) is 2.70. The van der Waals surface area contributed by atoms with E-state index in [2.05, 4.69) is 5.32 Å². The van der Waals surface area contributed by atoms with Gasteiger partial charge in [0.1, 0.15) is 11.9 Å². The summed E-state index contributed by atoms with van der Waals surface area (Å²) < 4.78 is 30.7. The minimum Gasteiger partial charge on any atom is -0.493 e. The summed E-state index contributed by atoms with van der Waals surface area (Å²) in [6.07, 6.45) is -0.581. The normalized spacial score (nSPS) is 18.9. The van der Waals surface area contributed by atoms with E-state index in [-0.39, 0.29) is 11.9 Å². The van der Waals surface area contributed by atoms with Gasteiger partial charge >= 0.3 is 0 Å². The third-order valence-corrected chi connectivity index (χ3v) is 4.09. The lowest BCUT2D eigenvalue weighted by atomic mass is 10.0. The lowest BCUT2D eigenvalue weighted by Crippen LogP contribution is -2.43. The zero-order chi connectivity index (χ0) is 16.9. The zero-order valence-corrected chi connectivity index (χ0v) is 14.1. The summed E-state index contributed by atoms with van der Waals surface area (Å²) in [7, 11) is 1.48. The summed E-state index contributed by atoms with van der Waals surface area (Å²) in [4.78, 5) is 0. The first kappa shape index (κ1) is 17.0. The Bertz CT molecular complexity index is 692. The summed E-state index contributed by atoms with van der Waals surface area (Å²) in [5, 5.41) is 3.92. The maximum atomic E-state index is 13.4. The number of benzene rings is 2. The molecule has 0 aromatic heterocycles. The molecule has 1 heterocycles. The number of hydrogen-bond acceptors (Lipinski definition) is 4. The van der Waals surface area contributed by atoms with Crippen molar-refractivity contribution in [1.29, 1.82) is 0 Å². The Hall–Kier alpha value is -1.82. The fraction of sp³-hybridized carbons (Fsp3) is 0.333. The predicted molar refractivity (Wildman–Crippen MR) is 90.4 cm³/mol. The van der Waals surface area contributed by atoms with Crippen molar-refractivity contribution in [2.75, 3.05) is 26.8 Å². The molecule has 1 fully saturated rings. The zero-order valence-electron chi connectivity index (χ0n) is 13.3. The summed E-state index contributed by atoms with van der Waals surface area (Å²) >= 11 is 6.12. The SMILES string of the molecule is COc1cc(F)ccc1O[C@@H](c1cccc(Cl)c1)C1CNCCO1. The smallest absolute Gasteiger partial charge is 0.163 e. The second-order valence-electron chi connectivity index (χ2n) is 5.50. The van der Waals surface area contributed by atoms with Crippen LogP contribution in [-0.4, -0.2) is 32.9 Å². The number of halogens is 2. The number of hydrogen-bond donors (Lipinski definition) is 1. The summed E-state index contributed by atoms with van der Waals surface area (Å²) in [5.74, 6) is 0.415. The van der Waals surface area contributed by atoms with Gasteiger partial charge in [0, 0.05) is 24.2 Å².